The summed E-state index contributed by atoms with van der Waals surface area (Å²) in [6.07, 6.45) is 1.44. The molecule has 0 spiro atoms. The van der Waals surface area contributed by atoms with Gasteiger partial charge in [0, 0.05) is 37.8 Å². The predicted molar refractivity (Wildman–Crippen MR) is 112 cm³/mol. The van der Waals surface area contributed by atoms with Crippen LogP contribution in [0.25, 0.3) is 0 Å². The number of ether oxygens (including phenoxy) is 1. The summed E-state index contributed by atoms with van der Waals surface area (Å²) in [6, 6.07) is 5.27. The van der Waals surface area contributed by atoms with Crippen LogP contribution >= 0.6 is 12.6 Å². The molecular formula is C19H23FN6O2S. The Labute approximate surface area is 173 Å². The maximum absolute atomic E-state index is 13.1. The zero-order valence-corrected chi connectivity index (χ0v) is 16.7. The number of amidine groups is 3. The van der Waals surface area contributed by atoms with Crippen LogP contribution in [0.15, 0.2) is 29.3 Å². The minimum atomic E-state index is -0.417. The smallest absolute Gasteiger partial charge is 0.254 e. The van der Waals surface area contributed by atoms with Crippen LogP contribution in [0, 0.1) is 28.0 Å². The first-order chi connectivity index (χ1) is 13.9. The first-order valence-electron chi connectivity index (χ1n) is 9.29. The molecule has 29 heavy (non-hydrogen) atoms. The fourth-order valence-corrected chi connectivity index (χ4v) is 3.47. The van der Waals surface area contributed by atoms with E-state index in [1.165, 1.54) is 34.1 Å². The van der Waals surface area contributed by atoms with E-state index in [1.807, 2.05) is 0 Å². The second kappa shape index (κ2) is 9.27. The SMILES string of the molecule is N=C(/N=C(\S)C(=N)N1CCN(C(=O)c2ccc(F)cc2)CC1=N)C1CCOCC1. The number of nitrogens with one attached hydrogen (secondary N) is 3. The third kappa shape index (κ3) is 5.07. The highest BCUT2D eigenvalue weighted by Gasteiger charge is 2.29. The number of benzene rings is 1. The molecule has 2 aliphatic rings. The molecule has 8 nitrogen and oxygen atoms in total. The minimum absolute atomic E-state index is 0.0108. The summed E-state index contributed by atoms with van der Waals surface area (Å²) >= 11 is 4.26. The lowest BCUT2D eigenvalue weighted by Gasteiger charge is -2.36. The lowest BCUT2D eigenvalue weighted by molar-refractivity contribution is 0.0757. The summed E-state index contributed by atoms with van der Waals surface area (Å²) in [5.41, 5.74) is 0.351. The van der Waals surface area contributed by atoms with Gasteiger partial charge in [0.1, 0.15) is 22.5 Å². The summed E-state index contributed by atoms with van der Waals surface area (Å²) in [7, 11) is 0. The Morgan fingerprint density at radius 1 is 1.17 bits per heavy atom. The molecule has 1 amide bonds. The van der Waals surface area contributed by atoms with Gasteiger partial charge in [-0.1, -0.05) is 0 Å². The number of rotatable bonds is 3. The van der Waals surface area contributed by atoms with Gasteiger partial charge in [0.15, 0.2) is 5.84 Å². The van der Waals surface area contributed by atoms with E-state index in [1.54, 1.807) is 0 Å². The van der Waals surface area contributed by atoms with Gasteiger partial charge in [-0.05, 0) is 37.1 Å². The molecule has 3 rings (SSSR count). The molecule has 1 aromatic carbocycles. The monoisotopic (exact) mass is 418 g/mol. The fraction of sp³-hybridized carbons (Fsp3) is 0.421. The van der Waals surface area contributed by atoms with E-state index >= 15 is 0 Å². The van der Waals surface area contributed by atoms with E-state index in [0.29, 0.717) is 25.3 Å². The Hall–Kier alpha value is -2.59. The van der Waals surface area contributed by atoms with E-state index in [0.717, 1.165) is 12.8 Å². The van der Waals surface area contributed by atoms with Crippen LogP contribution in [0.4, 0.5) is 4.39 Å². The summed E-state index contributed by atoms with van der Waals surface area (Å²) in [5.74, 6) is -0.551. The first-order valence-corrected chi connectivity index (χ1v) is 9.74. The molecule has 2 saturated heterocycles. The van der Waals surface area contributed by atoms with Crippen molar-refractivity contribution in [3.8, 4) is 0 Å². The standard InChI is InChI=1S/C19H23FN6O2S/c20-14-3-1-13(2-4-14)19(27)25-7-8-26(15(21)11-25)17(23)18(29)24-16(22)12-5-9-28-10-6-12/h1-4,12,21,23H,5-11H2,(H2,22,24,29). The molecule has 2 heterocycles. The average Bonchev–Trinajstić information content (AvgIpc) is 2.73. The molecule has 0 saturated carbocycles. The van der Waals surface area contributed by atoms with Crippen LogP contribution in [0.3, 0.4) is 0 Å². The van der Waals surface area contributed by atoms with E-state index in [-0.39, 0.29) is 47.5 Å². The van der Waals surface area contributed by atoms with Crippen molar-refractivity contribution in [3.63, 3.8) is 0 Å². The molecular weight excluding hydrogens is 395 g/mol. The Kier molecular flexibility index (Phi) is 6.75. The van der Waals surface area contributed by atoms with Crippen LogP contribution in [0.5, 0.6) is 0 Å². The summed E-state index contributed by atoms with van der Waals surface area (Å²) in [5, 5.41) is 24.7. The van der Waals surface area contributed by atoms with Crippen molar-refractivity contribution < 1.29 is 13.9 Å². The number of amides is 1. The van der Waals surface area contributed by atoms with Crippen molar-refractivity contribution in [2.75, 3.05) is 32.8 Å². The molecule has 0 radical (unpaired) electrons. The molecule has 2 fully saturated rings. The molecule has 0 aliphatic carbocycles. The van der Waals surface area contributed by atoms with Crippen molar-refractivity contribution >= 4 is 41.1 Å². The number of carbonyl (C=O) groups is 1. The van der Waals surface area contributed by atoms with Crippen LogP contribution in [0.1, 0.15) is 23.2 Å². The van der Waals surface area contributed by atoms with Gasteiger partial charge in [-0.25, -0.2) is 9.38 Å². The number of hydrogen-bond donors (Lipinski definition) is 4. The van der Waals surface area contributed by atoms with E-state index in [2.05, 4.69) is 17.6 Å². The van der Waals surface area contributed by atoms with E-state index in [4.69, 9.17) is 21.0 Å². The Balaban J connectivity index is 1.61. The van der Waals surface area contributed by atoms with Gasteiger partial charge in [-0.3, -0.25) is 21.0 Å². The zero-order chi connectivity index (χ0) is 21.0. The van der Waals surface area contributed by atoms with Crippen molar-refractivity contribution in [1.82, 2.24) is 9.80 Å². The van der Waals surface area contributed by atoms with Gasteiger partial charge in [0.2, 0.25) is 0 Å². The van der Waals surface area contributed by atoms with Crippen LogP contribution in [0.2, 0.25) is 0 Å². The number of halogens is 1. The van der Waals surface area contributed by atoms with Crippen molar-refractivity contribution in [3.05, 3.63) is 35.6 Å². The van der Waals surface area contributed by atoms with Gasteiger partial charge in [0.25, 0.3) is 5.91 Å². The van der Waals surface area contributed by atoms with Gasteiger partial charge in [-0.15, -0.1) is 12.6 Å². The number of carbonyl (C=O) groups excluding carboxylic acids is 1. The molecule has 154 valence electrons. The van der Waals surface area contributed by atoms with Crippen molar-refractivity contribution in [1.29, 1.82) is 16.2 Å². The number of piperazine rings is 1. The molecule has 0 atom stereocenters. The van der Waals surface area contributed by atoms with Crippen LogP contribution in [-0.4, -0.2) is 71.1 Å². The number of nitrogens with zero attached hydrogens (tertiary/aromatic N) is 3. The van der Waals surface area contributed by atoms with Crippen LogP contribution in [-0.2, 0) is 4.74 Å². The molecule has 0 unspecified atom stereocenters. The summed E-state index contributed by atoms with van der Waals surface area (Å²) in [6.45, 7) is 1.76. The number of hydrogen-bond acceptors (Lipinski definition) is 5. The maximum atomic E-state index is 13.1. The molecule has 3 N–H and O–H groups in total. The zero-order valence-electron chi connectivity index (χ0n) is 15.8. The molecule has 10 heteroatoms. The second-order valence-electron chi connectivity index (χ2n) is 6.89. The fourth-order valence-electron chi connectivity index (χ4n) is 3.25. The Morgan fingerprint density at radius 2 is 1.83 bits per heavy atom. The Bertz CT molecular complexity index is 851. The van der Waals surface area contributed by atoms with Gasteiger partial charge in [0.05, 0.1) is 6.54 Å². The van der Waals surface area contributed by atoms with Gasteiger partial charge in [-0.2, -0.15) is 0 Å². The predicted octanol–water partition coefficient (Wildman–Crippen LogP) is 2.27. The summed E-state index contributed by atoms with van der Waals surface area (Å²) < 4.78 is 18.3. The van der Waals surface area contributed by atoms with E-state index in [9.17, 15) is 9.18 Å². The largest absolute Gasteiger partial charge is 0.381 e. The second-order valence-corrected chi connectivity index (χ2v) is 7.31. The lowest BCUT2D eigenvalue weighted by Crippen LogP contribution is -2.54. The number of thiol groups is 1. The minimum Gasteiger partial charge on any atom is -0.381 e. The summed E-state index contributed by atoms with van der Waals surface area (Å²) in [4.78, 5) is 19.6. The third-order valence-electron chi connectivity index (χ3n) is 4.95. The van der Waals surface area contributed by atoms with E-state index < -0.39 is 5.82 Å². The molecule has 2 aliphatic heterocycles. The third-order valence-corrected chi connectivity index (χ3v) is 5.27. The lowest BCUT2D eigenvalue weighted by atomic mass is 9.99. The van der Waals surface area contributed by atoms with Crippen molar-refractivity contribution in [2.24, 2.45) is 10.9 Å². The highest BCUT2D eigenvalue weighted by molar-refractivity contribution is 7.99. The van der Waals surface area contributed by atoms with Crippen molar-refractivity contribution in [2.45, 2.75) is 12.8 Å². The Morgan fingerprint density at radius 3 is 2.45 bits per heavy atom. The molecule has 1 aromatic rings. The topological polar surface area (TPSA) is 117 Å². The van der Waals surface area contributed by atoms with Gasteiger partial charge < -0.3 is 14.5 Å². The molecule has 0 bridgehead atoms. The quantitative estimate of drug-likeness (QED) is 0.343. The highest BCUT2D eigenvalue weighted by Crippen LogP contribution is 2.17. The average molecular weight is 418 g/mol. The molecule has 0 aromatic heterocycles. The van der Waals surface area contributed by atoms with Crippen LogP contribution < -0.4 is 0 Å². The number of aliphatic imine (C=N–C) groups is 1. The van der Waals surface area contributed by atoms with Gasteiger partial charge >= 0.3 is 0 Å². The normalized spacial score (nSPS) is 18.7. The highest BCUT2D eigenvalue weighted by atomic mass is 32.1. The maximum Gasteiger partial charge on any atom is 0.254 e. The first kappa shape index (κ1) is 21.1.